The number of carbonyl (C=O) groups excluding carboxylic acids is 1. The van der Waals surface area contributed by atoms with E-state index in [1.165, 1.54) is 12.1 Å². The summed E-state index contributed by atoms with van der Waals surface area (Å²) in [7, 11) is 1.07. The molecule has 1 atom stereocenters. The van der Waals surface area contributed by atoms with Crippen LogP contribution in [0.25, 0.3) is 0 Å². The molecule has 0 saturated heterocycles. The highest BCUT2D eigenvalue weighted by Crippen LogP contribution is 2.47. The minimum atomic E-state index is -4.71. The first-order valence-electron chi connectivity index (χ1n) is 5.68. The number of azo groups is 1. The smallest absolute Gasteiger partial charge is 0.423 e. The van der Waals surface area contributed by atoms with Crippen LogP contribution in [-0.2, 0) is 15.1 Å². The molecule has 0 amide bonds. The van der Waals surface area contributed by atoms with E-state index in [1.807, 2.05) is 0 Å². The first-order chi connectivity index (χ1) is 9.30. The van der Waals surface area contributed by atoms with E-state index in [4.69, 9.17) is 0 Å². The predicted octanol–water partition coefficient (Wildman–Crippen LogP) is 3.28. The van der Waals surface area contributed by atoms with Crippen LogP contribution in [0.2, 0.25) is 0 Å². The summed E-state index contributed by atoms with van der Waals surface area (Å²) in [6.07, 6.45) is -4.02. The first-order valence-corrected chi connectivity index (χ1v) is 5.68. The minimum absolute atomic E-state index is 0.0988. The van der Waals surface area contributed by atoms with Gasteiger partial charge in [-0.15, -0.1) is 5.11 Å². The number of alkyl halides is 3. The minimum Gasteiger partial charge on any atom is -0.464 e. The molecule has 0 N–H and O–H groups in total. The van der Waals surface area contributed by atoms with Crippen molar-refractivity contribution in [3.05, 3.63) is 47.2 Å². The normalized spacial score (nSPS) is 21.8. The Balaban J connectivity index is 2.56. The van der Waals surface area contributed by atoms with Crippen molar-refractivity contribution in [2.24, 2.45) is 10.2 Å². The maximum absolute atomic E-state index is 13.4. The molecule has 0 bridgehead atoms. The Morgan fingerprint density at radius 3 is 2.35 bits per heavy atom. The number of benzene rings is 1. The highest BCUT2D eigenvalue weighted by molar-refractivity contribution is 5.88. The molecular formula is C13H11F3N2O2. The van der Waals surface area contributed by atoms with Crippen molar-refractivity contribution < 1.29 is 22.7 Å². The number of rotatable bonds is 2. The monoisotopic (exact) mass is 284 g/mol. The van der Waals surface area contributed by atoms with Gasteiger partial charge in [-0.3, -0.25) is 0 Å². The van der Waals surface area contributed by atoms with Gasteiger partial charge in [0.25, 0.3) is 0 Å². The lowest BCUT2D eigenvalue weighted by Gasteiger charge is -2.25. The lowest BCUT2D eigenvalue weighted by Crippen LogP contribution is -2.37. The van der Waals surface area contributed by atoms with Gasteiger partial charge < -0.3 is 4.74 Å². The largest absolute Gasteiger partial charge is 0.464 e. The summed E-state index contributed by atoms with van der Waals surface area (Å²) in [5.41, 5.74) is -2.37. The third kappa shape index (κ3) is 2.19. The SMILES string of the molecule is COC(=O)C1=CC(c2ccc(C)cc2)(C(F)(F)F)N=N1. The van der Waals surface area contributed by atoms with E-state index < -0.39 is 23.4 Å². The zero-order valence-corrected chi connectivity index (χ0v) is 10.7. The van der Waals surface area contributed by atoms with Crippen molar-refractivity contribution >= 4 is 5.97 Å². The molecule has 7 heteroatoms. The number of hydrogen-bond acceptors (Lipinski definition) is 4. The fourth-order valence-electron chi connectivity index (χ4n) is 1.84. The summed E-state index contributed by atoms with van der Waals surface area (Å²) in [4.78, 5) is 11.3. The van der Waals surface area contributed by atoms with E-state index >= 15 is 0 Å². The van der Waals surface area contributed by atoms with Crippen molar-refractivity contribution in [1.29, 1.82) is 0 Å². The summed E-state index contributed by atoms with van der Waals surface area (Å²) < 4.78 is 44.5. The molecular weight excluding hydrogens is 273 g/mol. The van der Waals surface area contributed by atoms with E-state index in [9.17, 15) is 18.0 Å². The molecule has 4 nitrogen and oxygen atoms in total. The van der Waals surface area contributed by atoms with E-state index in [0.29, 0.717) is 6.08 Å². The van der Waals surface area contributed by atoms with Gasteiger partial charge in [0.05, 0.1) is 7.11 Å². The lowest BCUT2D eigenvalue weighted by atomic mass is 9.89. The van der Waals surface area contributed by atoms with Crippen LogP contribution in [0, 0.1) is 6.92 Å². The van der Waals surface area contributed by atoms with Gasteiger partial charge in [-0.25, -0.2) is 4.79 Å². The fourth-order valence-corrected chi connectivity index (χ4v) is 1.84. The molecule has 2 rings (SSSR count). The van der Waals surface area contributed by atoms with Gasteiger partial charge in [0.1, 0.15) is 0 Å². The molecule has 0 aromatic heterocycles. The maximum Gasteiger partial charge on any atom is 0.423 e. The molecule has 1 aromatic carbocycles. The van der Waals surface area contributed by atoms with Gasteiger partial charge in [0, 0.05) is 0 Å². The quantitative estimate of drug-likeness (QED) is 0.782. The second-order valence-electron chi connectivity index (χ2n) is 4.35. The summed E-state index contributed by atoms with van der Waals surface area (Å²) >= 11 is 0. The number of methoxy groups -OCH3 is 1. The van der Waals surface area contributed by atoms with E-state index in [2.05, 4.69) is 15.0 Å². The van der Waals surface area contributed by atoms with Crippen LogP contribution in [0.15, 0.2) is 46.3 Å². The Kier molecular flexibility index (Phi) is 3.37. The van der Waals surface area contributed by atoms with Crippen LogP contribution in [0.1, 0.15) is 11.1 Å². The van der Waals surface area contributed by atoms with Crippen molar-refractivity contribution in [2.45, 2.75) is 18.6 Å². The molecule has 106 valence electrons. The van der Waals surface area contributed by atoms with E-state index in [-0.39, 0.29) is 5.56 Å². The van der Waals surface area contributed by atoms with Crippen molar-refractivity contribution in [2.75, 3.05) is 7.11 Å². The molecule has 0 spiro atoms. The summed E-state index contributed by atoms with van der Waals surface area (Å²) in [5, 5.41) is 6.61. The molecule has 1 aromatic rings. The van der Waals surface area contributed by atoms with Crippen molar-refractivity contribution in [3.63, 3.8) is 0 Å². The lowest BCUT2D eigenvalue weighted by molar-refractivity contribution is -0.174. The standard InChI is InChI=1S/C13H11F3N2O2/c1-8-3-5-9(6-4-8)12(13(14,15)16)7-10(17-18-12)11(19)20-2/h3-7H,1-2H3. The number of halogens is 3. The number of nitrogens with zero attached hydrogens (tertiary/aromatic N) is 2. The van der Waals surface area contributed by atoms with Gasteiger partial charge in [0.15, 0.2) is 5.70 Å². The third-order valence-corrected chi connectivity index (χ3v) is 2.98. The summed E-state index contributed by atoms with van der Waals surface area (Å²) in [5.74, 6) is -0.952. The summed E-state index contributed by atoms with van der Waals surface area (Å²) in [6, 6.07) is 5.72. The van der Waals surface area contributed by atoms with E-state index in [1.54, 1.807) is 19.1 Å². The highest BCUT2D eigenvalue weighted by atomic mass is 19.4. The van der Waals surface area contributed by atoms with Crippen LogP contribution < -0.4 is 0 Å². The third-order valence-electron chi connectivity index (χ3n) is 2.98. The number of esters is 1. The number of hydrogen-bond donors (Lipinski definition) is 0. The van der Waals surface area contributed by atoms with Gasteiger partial charge in [-0.05, 0) is 18.6 Å². The van der Waals surface area contributed by atoms with Crippen LogP contribution in [0.3, 0.4) is 0 Å². The highest BCUT2D eigenvalue weighted by Gasteiger charge is 2.58. The maximum atomic E-state index is 13.4. The predicted molar refractivity (Wildman–Crippen MR) is 63.9 cm³/mol. The Morgan fingerprint density at radius 1 is 1.25 bits per heavy atom. The Bertz CT molecular complexity index is 591. The van der Waals surface area contributed by atoms with Gasteiger partial charge in [0.2, 0.25) is 5.54 Å². The zero-order chi connectivity index (χ0) is 15.0. The molecule has 0 saturated carbocycles. The number of aryl methyl sites for hydroxylation is 1. The number of ether oxygens (including phenoxy) is 1. The van der Waals surface area contributed by atoms with Gasteiger partial charge in [-0.1, -0.05) is 29.8 Å². The molecule has 0 aliphatic carbocycles. The molecule has 1 aliphatic heterocycles. The van der Waals surface area contributed by atoms with Crippen LogP contribution in [0.5, 0.6) is 0 Å². The van der Waals surface area contributed by atoms with E-state index in [0.717, 1.165) is 12.7 Å². The Labute approximate surface area is 113 Å². The fraction of sp³-hybridized carbons (Fsp3) is 0.308. The van der Waals surface area contributed by atoms with Gasteiger partial charge in [-0.2, -0.15) is 18.3 Å². The Hall–Kier alpha value is -2.18. The molecule has 1 aliphatic rings. The molecule has 0 fully saturated rings. The van der Waals surface area contributed by atoms with Crippen LogP contribution >= 0.6 is 0 Å². The van der Waals surface area contributed by atoms with Crippen LogP contribution in [0.4, 0.5) is 13.2 Å². The van der Waals surface area contributed by atoms with Crippen LogP contribution in [-0.4, -0.2) is 19.3 Å². The summed E-state index contributed by atoms with van der Waals surface area (Å²) in [6.45, 7) is 1.76. The van der Waals surface area contributed by atoms with Gasteiger partial charge >= 0.3 is 12.1 Å². The zero-order valence-electron chi connectivity index (χ0n) is 10.7. The molecule has 1 heterocycles. The van der Waals surface area contributed by atoms with Crippen molar-refractivity contribution in [3.8, 4) is 0 Å². The first kappa shape index (κ1) is 14.2. The molecule has 1 unspecified atom stereocenters. The second kappa shape index (κ2) is 4.73. The van der Waals surface area contributed by atoms with Crippen molar-refractivity contribution in [1.82, 2.24) is 0 Å². The Morgan fingerprint density at radius 2 is 1.85 bits per heavy atom. The average molecular weight is 284 g/mol. The number of carbonyl (C=O) groups is 1. The molecule has 20 heavy (non-hydrogen) atoms. The molecule has 0 radical (unpaired) electrons. The second-order valence-corrected chi connectivity index (χ2v) is 4.35. The average Bonchev–Trinajstić information content (AvgIpc) is 2.84. The topological polar surface area (TPSA) is 51.0 Å².